The SMILES string of the molecule is C[C@H](c1cc(OC(F)(F)F)ccc1F)N(C)C(C)(C)C. The van der Waals surface area contributed by atoms with Crippen LogP contribution in [0.5, 0.6) is 5.75 Å². The number of alkyl halides is 3. The highest BCUT2D eigenvalue weighted by Gasteiger charge is 2.32. The van der Waals surface area contributed by atoms with Gasteiger partial charge in [0.1, 0.15) is 11.6 Å². The molecule has 0 saturated carbocycles. The summed E-state index contributed by atoms with van der Waals surface area (Å²) in [5.74, 6) is -0.966. The molecule has 0 radical (unpaired) electrons. The van der Waals surface area contributed by atoms with Crippen LogP contribution in [0, 0.1) is 5.82 Å². The van der Waals surface area contributed by atoms with Gasteiger partial charge < -0.3 is 4.74 Å². The van der Waals surface area contributed by atoms with Gasteiger partial charge in [-0.1, -0.05) is 0 Å². The highest BCUT2D eigenvalue weighted by atomic mass is 19.4. The van der Waals surface area contributed by atoms with Crippen molar-refractivity contribution < 1.29 is 22.3 Å². The second-order valence-electron chi connectivity index (χ2n) is 5.69. The van der Waals surface area contributed by atoms with Crippen LogP contribution in [0.15, 0.2) is 18.2 Å². The number of nitrogens with zero attached hydrogens (tertiary/aromatic N) is 1. The van der Waals surface area contributed by atoms with E-state index in [0.29, 0.717) is 0 Å². The fourth-order valence-electron chi connectivity index (χ4n) is 1.83. The number of halogens is 4. The van der Waals surface area contributed by atoms with Crippen molar-refractivity contribution in [3.05, 3.63) is 29.6 Å². The standard InChI is InChI=1S/C14H19F4NO/c1-9(19(5)13(2,3)4)11-8-10(6-7-12(11)15)20-14(16,17)18/h6-9H,1-5H3/t9-/m1/s1. The van der Waals surface area contributed by atoms with Gasteiger partial charge in [0.25, 0.3) is 0 Å². The van der Waals surface area contributed by atoms with Crippen molar-refractivity contribution in [2.24, 2.45) is 0 Å². The minimum absolute atomic E-state index is 0.171. The molecule has 0 aliphatic carbocycles. The highest BCUT2D eigenvalue weighted by Crippen LogP contribution is 2.31. The third-order valence-electron chi connectivity index (χ3n) is 3.29. The van der Waals surface area contributed by atoms with Crippen LogP contribution < -0.4 is 4.74 Å². The first-order chi connectivity index (χ1) is 8.92. The van der Waals surface area contributed by atoms with E-state index < -0.39 is 17.9 Å². The minimum Gasteiger partial charge on any atom is -0.406 e. The molecule has 1 aromatic carbocycles. The summed E-state index contributed by atoms with van der Waals surface area (Å²) in [4.78, 5) is 1.88. The maximum absolute atomic E-state index is 13.8. The largest absolute Gasteiger partial charge is 0.573 e. The zero-order chi connectivity index (χ0) is 15.7. The summed E-state index contributed by atoms with van der Waals surface area (Å²) in [5.41, 5.74) is -0.0728. The molecule has 1 atom stereocenters. The average Bonchev–Trinajstić information content (AvgIpc) is 2.26. The van der Waals surface area contributed by atoms with Gasteiger partial charge in [-0.2, -0.15) is 0 Å². The molecule has 6 heteroatoms. The Labute approximate surface area is 116 Å². The van der Waals surface area contributed by atoms with Crippen LogP contribution in [0.25, 0.3) is 0 Å². The summed E-state index contributed by atoms with van der Waals surface area (Å²) < 4.78 is 54.3. The summed E-state index contributed by atoms with van der Waals surface area (Å²) in [7, 11) is 1.79. The predicted octanol–water partition coefficient (Wildman–Crippen LogP) is 4.52. The van der Waals surface area contributed by atoms with Crippen LogP contribution >= 0.6 is 0 Å². The smallest absolute Gasteiger partial charge is 0.406 e. The van der Waals surface area contributed by atoms with Gasteiger partial charge in [0.15, 0.2) is 0 Å². The topological polar surface area (TPSA) is 12.5 Å². The number of hydrogen-bond donors (Lipinski definition) is 0. The van der Waals surface area contributed by atoms with E-state index in [2.05, 4.69) is 4.74 Å². The van der Waals surface area contributed by atoms with Gasteiger partial charge in [-0.25, -0.2) is 4.39 Å². The van der Waals surface area contributed by atoms with Crippen molar-refractivity contribution in [2.45, 2.75) is 45.6 Å². The zero-order valence-corrected chi connectivity index (χ0v) is 12.2. The fourth-order valence-corrected chi connectivity index (χ4v) is 1.83. The summed E-state index contributed by atoms with van der Waals surface area (Å²) in [6, 6.07) is 2.67. The summed E-state index contributed by atoms with van der Waals surface area (Å²) in [6.07, 6.45) is -4.78. The van der Waals surface area contributed by atoms with E-state index >= 15 is 0 Å². The van der Waals surface area contributed by atoms with Crippen molar-refractivity contribution in [3.63, 3.8) is 0 Å². The van der Waals surface area contributed by atoms with Gasteiger partial charge in [-0.05, 0) is 52.9 Å². The first kappa shape index (κ1) is 16.8. The van der Waals surface area contributed by atoms with Crippen LogP contribution in [0.3, 0.4) is 0 Å². The number of rotatable bonds is 3. The molecule has 0 heterocycles. The number of benzene rings is 1. The maximum atomic E-state index is 13.8. The summed E-state index contributed by atoms with van der Waals surface area (Å²) >= 11 is 0. The molecular formula is C14H19F4NO. The Bertz CT molecular complexity index is 465. The lowest BCUT2D eigenvalue weighted by Crippen LogP contribution is -2.40. The quantitative estimate of drug-likeness (QED) is 0.760. The molecule has 0 N–H and O–H groups in total. The molecule has 0 aromatic heterocycles. The first-order valence-corrected chi connectivity index (χ1v) is 6.20. The first-order valence-electron chi connectivity index (χ1n) is 6.20. The molecule has 0 aliphatic rings. The van der Waals surface area contributed by atoms with E-state index in [-0.39, 0.29) is 17.1 Å². The lowest BCUT2D eigenvalue weighted by molar-refractivity contribution is -0.274. The maximum Gasteiger partial charge on any atom is 0.573 e. The van der Waals surface area contributed by atoms with E-state index in [0.717, 1.165) is 18.2 Å². The van der Waals surface area contributed by atoms with Crippen molar-refractivity contribution >= 4 is 0 Å². The second-order valence-corrected chi connectivity index (χ2v) is 5.69. The molecular weight excluding hydrogens is 274 g/mol. The Balaban J connectivity index is 3.08. The molecule has 0 unspecified atom stereocenters. The van der Waals surface area contributed by atoms with Gasteiger partial charge in [-0.3, -0.25) is 4.90 Å². The van der Waals surface area contributed by atoms with Crippen LogP contribution in [0.4, 0.5) is 17.6 Å². The van der Waals surface area contributed by atoms with E-state index in [1.54, 1.807) is 14.0 Å². The van der Waals surface area contributed by atoms with Crippen molar-refractivity contribution in [1.29, 1.82) is 0 Å². The average molecular weight is 293 g/mol. The van der Waals surface area contributed by atoms with Crippen LogP contribution in [-0.4, -0.2) is 23.8 Å². The molecule has 1 aromatic rings. The van der Waals surface area contributed by atoms with Gasteiger partial charge in [0.05, 0.1) is 0 Å². The van der Waals surface area contributed by atoms with Crippen molar-refractivity contribution in [2.75, 3.05) is 7.05 Å². The molecule has 0 saturated heterocycles. The fraction of sp³-hybridized carbons (Fsp3) is 0.571. The van der Waals surface area contributed by atoms with Gasteiger partial charge >= 0.3 is 6.36 Å². The van der Waals surface area contributed by atoms with Crippen LogP contribution in [0.1, 0.15) is 39.3 Å². The number of ether oxygens (including phenoxy) is 1. The van der Waals surface area contributed by atoms with E-state index in [1.165, 1.54) is 0 Å². The lowest BCUT2D eigenvalue weighted by Gasteiger charge is -2.37. The Morgan fingerprint density at radius 2 is 1.70 bits per heavy atom. The van der Waals surface area contributed by atoms with Crippen molar-refractivity contribution in [1.82, 2.24) is 4.90 Å². The van der Waals surface area contributed by atoms with E-state index in [9.17, 15) is 17.6 Å². The monoisotopic (exact) mass is 293 g/mol. The van der Waals surface area contributed by atoms with Gasteiger partial charge in [0.2, 0.25) is 0 Å². The van der Waals surface area contributed by atoms with Gasteiger partial charge in [-0.15, -0.1) is 13.2 Å². The molecule has 114 valence electrons. The second kappa shape index (κ2) is 5.60. The molecule has 0 fully saturated rings. The Morgan fingerprint density at radius 3 is 2.15 bits per heavy atom. The molecule has 0 bridgehead atoms. The Hall–Kier alpha value is -1.30. The Kier molecular flexibility index (Phi) is 4.69. The molecule has 0 aliphatic heterocycles. The minimum atomic E-state index is -4.78. The third kappa shape index (κ3) is 4.37. The highest BCUT2D eigenvalue weighted by molar-refractivity contribution is 5.32. The van der Waals surface area contributed by atoms with E-state index in [1.807, 2.05) is 25.7 Å². The van der Waals surface area contributed by atoms with Crippen LogP contribution in [-0.2, 0) is 0 Å². The zero-order valence-electron chi connectivity index (χ0n) is 12.2. The molecule has 1 rings (SSSR count). The van der Waals surface area contributed by atoms with E-state index in [4.69, 9.17) is 0 Å². The van der Waals surface area contributed by atoms with Crippen molar-refractivity contribution in [3.8, 4) is 5.75 Å². The number of hydrogen-bond acceptors (Lipinski definition) is 2. The summed E-state index contributed by atoms with van der Waals surface area (Å²) in [6.45, 7) is 7.56. The van der Waals surface area contributed by atoms with Crippen LogP contribution in [0.2, 0.25) is 0 Å². The normalized spacial score (nSPS) is 14.5. The molecule has 0 spiro atoms. The molecule has 2 nitrogen and oxygen atoms in total. The summed E-state index contributed by atoms with van der Waals surface area (Å²) in [5, 5.41) is 0. The predicted molar refractivity (Wildman–Crippen MR) is 69.0 cm³/mol. The van der Waals surface area contributed by atoms with Gasteiger partial charge in [0, 0.05) is 17.1 Å². The Morgan fingerprint density at radius 1 is 1.15 bits per heavy atom. The molecule has 20 heavy (non-hydrogen) atoms. The molecule has 0 amide bonds. The lowest BCUT2D eigenvalue weighted by atomic mass is 9.99. The third-order valence-corrected chi connectivity index (χ3v) is 3.29.